The number of nitro benzene ring substituents is 2. The molecule has 0 bridgehead atoms. The summed E-state index contributed by atoms with van der Waals surface area (Å²) in [7, 11) is -3.85. The zero-order valence-corrected chi connectivity index (χ0v) is 19.7. The Bertz CT molecular complexity index is 1350. The summed E-state index contributed by atoms with van der Waals surface area (Å²) in [6.07, 6.45) is 0. The van der Waals surface area contributed by atoms with E-state index in [1.54, 1.807) is 24.3 Å². The van der Waals surface area contributed by atoms with E-state index < -0.39 is 36.8 Å². The molecule has 0 heterocycles. The second-order valence-corrected chi connectivity index (χ2v) is 9.95. The highest BCUT2D eigenvalue weighted by Crippen LogP contribution is 2.29. The molecule has 33 heavy (non-hydrogen) atoms. The van der Waals surface area contributed by atoms with E-state index in [4.69, 9.17) is 11.6 Å². The van der Waals surface area contributed by atoms with Gasteiger partial charge < -0.3 is 0 Å². The maximum atomic E-state index is 13.0. The SMILES string of the molecule is O=[N+]([O-])c1ccc(NN=C(CS(=O)(=O)c2ccc(Cl)cc2)c2ccc(Br)cc2)c([N+](=O)[O-])c1. The molecule has 3 aromatic rings. The number of anilines is 1. The lowest BCUT2D eigenvalue weighted by Gasteiger charge is -2.10. The highest BCUT2D eigenvalue weighted by molar-refractivity contribution is 9.10. The lowest BCUT2D eigenvalue weighted by Crippen LogP contribution is -2.19. The lowest BCUT2D eigenvalue weighted by molar-refractivity contribution is -0.393. The van der Waals surface area contributed by atoms with Crippen molar-refractivity contribution in [3.63, 3.8) is 0 Å². The van der Waals surface area contributed by atoms with Gasteiger partial charge in [0.25, 0.3) is 5.69 Å². The molecule has 3 aromatic carbocycles. The fraction of sp³-hybridized carbons (Fsp3) is 0.0500. The normalized spacial score (nSPS) is 11.8. The van der Waals surface area contributed by atoms with Crippen LogP contribution >= 0.6 is 27.5 Å². The predicted molar refractivity (Wildman–Crippen MR) is 128 cm³/mol. The van der Waals surface area contributed by atoms with Crippen molar-refractivity contribution < 1.29 is 18.3 Å². The molecule has 0 radical (unpaired) electrons. The Balaban J connectivity index is 2.02. The Kier molecular flexibility index (Phi) is 7.41. The molecule has 0 aliphatic rings. The topological polar surface area (TPSA) is 145 Å². The zero-order valence-electron chi connectivity index (χ0n) is 16.5. The van der Waals surface area contributed by atoms with Gasteiger partial charge in [-0.05, 0) is 48.0 Å². The molecule has 0 spiro atoms. The molecule has 0 saturated carbocycles. The van der Waals surface area contributed by atoms with E-state index in [0.29, 0.717) is 10.6 Å². The summed E-state index contributed by atoms with van der Waals surface area (Å²) in [6.45, 7) is 0. The maximum absolute atomic E-state index is 13.0. The minimum Gasteiger partial charge on any atom is -0.271 e. The van der Waals surface area contributed by atoms with Crippen LogP contribution in [0.15, 0.2) is 81.2 Å². The number of nitro groups is 2. The Morgan fingerprint density at radius 3 is 2.18 bits per heavy atom. The first-order chi connectivity index (χ1) is 15.6. The van der Waals surface area contributed by atoms with Crippen LogP contribution in [-0.2, 0) is 9.84 Å². The molecule has 13 heteroatoms. The van der Waals surface area contributed by atoms with Crippen LogP contribution in [0, 0.1) is 20.2 Å². The Labute approximate surface area is 201 Å². The van der Waals surface area contributed by atoms with Crippen LogP contribution in [0.2, 0.25) is 5.02 Å². The van der Waals surface area contributed by atoms with Gasteiger partial charge in [0.2, 0.25) is 0 Å². The molecule has 170 valence electrons. The van der Waals surface area contributed by atoms with Gasteiger partial charge in [0.1, 0.15) is 5.69 Å². The molecule has 0 aliphatic carbocycles. The van der Waals surface area contributed by atoms with Crippen molar-refractivity contribution in [3.8, 4) is 0 Å². The van der Waals surface area contributed by atoms with Crippen molar-refractivity contribution in [3.05, 3.63) is 102 Å². The number of hydrazone groups is 1. The van der Waals surface area contributed by atoms with Crippen molar-refractivity contribution in [2.24, 2.45) is 5.10 Å². The van der Waals surface area contributed by atoms with Gasteiger partial charge in [-0.3, -0.25) is 25.7 Å². The van der Waals surface area contributed by atoms with E-state index in [1.165, 1.54) is 24.3 Å². The van der Waals surface area contributed by atoms with Gasteiger partial charge in [0, 0.05) is 15.6 Å². The van der Waals surface area contributed by atoms with Crippen LogP contribution in [0.25, 0.3) is 0 Å². The first-order valence-electron chi connectivity index (χ1n) is 9.06. The summed E-state index contributed by atoms with van der Waals surface area (Å²) >= 11 is 9.14. The molecule has 0 amide bonds. The second-order valence-electron chi connectivity index (χ2n) is 6.61. The van der Waals surface area contributed by atoms with E-state index in [9.17, 15) is 28.6 Å². The molecular weight excluding hydrogens is 540 g/mol. The number of nitrogens with zero attached hydrogens (tertiary/aromatic N) is 3. The van der Waals surface area contributed by atoms with Crippen LogP contribution < -0.4 is 5.43 Å². The van der Waals surface area contributed by atoms with Crippen LogP contribution in [-0.4, -0.2) is 29.7 Å². The molecule has 0 aromatic heterocycles. The smallest absolute Gasteiger partial charge is 0.271 e. The Morgan fingerprint density at radius 1 is 0.970 bits per heavy atom. The number of hydrogen-bond donors (Lipinski definition) is 1. The van der Waals surface area contributed by atoms with E-state index in [1.807, 2.05) is 0 Å². The quantitative estimate of drug-likeness (QED) is 0.229. The zero-order chi connectivity index (χ0) is 24.2. The van der Waals surface area contributed by atoms with Crippen molar-refractivity contribution in [2.45, 2.75) is 4.90 Å². The average Bonchev–Trinajstić information content (AvgIpc) is 2.77. The Hall–Kier alpha value is -3.35. The molecule has 0 aliphatic heterocycles. The first-order valence-corrected chi connectivity index (χ1v) is 11.9. The highest BCUT2D eigenvalue weighted by Gasteiger charge is 2.22. The first kappa shape index (κ1) is 24.3. The van der Waals surface area contributed by atoms with Crippen molar-refractivity contribution in [1.82, 2.24) is 0 Å². The predicted octanol–water partition coefficient (Wildman–Crippen LogP) is 5.21. The molecule has 0 atom stereocenters. The monoisotopic (exact) mass is 552 g/mol. The van der Waals surface area contributed by atoms with Gasteiger partial charge in [-0.15, -0.1) is 0 Å². The van der Waals surface area contributed by atoms with Crippen molar-refractivity contribution in [1.29, 1.82) is 0 Å². The molecule has 0 saturated heterocycles. The number of non-ortho nitro benzene ring substituents is 1. The number of benzene rings is 3. The van der Waals surface area contributed by atoms with E-state index >= 15 is 0 Å². The number of nitrogens with one attached hydrogen (secondary N) is 1. The fourth-order valence-corrected chi connectivity index (χ4v) is 4.43. The third-order valence-corrected chi connectivity index (χ3v) is 6.80. The molecule has 0 unspecified atom stereocenters. The third kappa shape index (κ3) is 6.12. The average molecular weight is 554 g/mol. The minimum absolute atomic E-state index is 0.0260. The Morgan fingerprint density at radius 2 is 1.61 bits per heavy atom. The fourth-order valence-electron chi connectivity index (χ4n) is 2.73. The van der Waals surface area contributed by atoms with Gasteiger partial charge in [-0.1, -0.05) is 39.7 Å². The van der Waals surface area contributed by atoms with Crippen molar-refractivity contribution in [2.75, 3.05) is 11.2 Å². The number of hydrogen-bond acceptors (Lipinski definition) is 8. The summed E-state index contributed by atoms with van der Waals surface area (Å²) in [5.41, 5.74) is 1.83. The second kappa shape index (κ2) is 10.1. The number of rotatable bonds is 8. The molecule has 0 fully saturated rings. The lowest BCUT2D eigenvalue weighted by atomic mass is 10.1. The van der Waals surface area contributed by atoms with Gasteiger partial charge in [-0.2, -0.15) is 5.10 Å². The summed E-state index contributed by atoms with van der Waals surface area (Å²) in [4.78, 5) is 20.8. The number of sulfone groups is 1. The summed E-state index contributed by atoms with van der Waals surface area (Å²) in [5.74, 6) is -0.524. The van der Waals surface area contributed by atoms with Gasteiger partial charge >= 0.3 is 5.69 Å². The molecular formula is C20H14BrClN4O6S. The van der Waals surface area contributed by atoms with E-state index in [0.717, 1.165) is 22.7 Å². The largest absolute Gasteiger partial charge is 0.301 e. The molecule has 1 N–H and O–H groups in total. The van der Waals surface area contributed by atoms with Crippen molar-refractivity contribution >= 4 is 60.1 Å². The third-order valence-electron chi connectivity index (χ3n) is 4.38. The summed E-state index contributed by atoms with van der Waals surface area (Å²) in [6, 6.07) is 15.3. The summed E-state index contributed by atoms with van der Waals surface area (Å²) < 4.78 is 26.7. The van der Waals surface area contributed by atoms with E-state index in [-0.39, 0.29) is 16.3 Å². The van der Waals surface area contributed by atoms with Gasteiger partial charge in [0.05, 0.1) is 32.3 Å². The highest BCUT2D eigenvalue weighted by atomic mass is 79.9. The minimum atomic E-state index is -3.85. The summed E-state index contributed by atoms with van der Waals surface area (Å²) in [5, 5.41) is 26.8. The van der Waals surface area contributed by atoms with Crippen LogP contribution in [0.5, 0.6) is 0 Å². The van der Waals surface area contributed by atoms with Crippen LogP contribution in [0.4, 0.5) is 17.1 Å². The molecule has 10 nitrogen and oxygen atoms in total. The van der Waals surface area contributed by atoms with Gasteiger partial charge in [0.15, 0.2) is 9.84 Å². The standard InChI is InChI=1S/C20H14BrClN4O6S/c21-14-3-1-13(2-4-14)19(12-33(31,32)17-8-5-15(22)6-9-17)24-23-18-10-7-16(25(27)28)11-20(18)26(29)30/h1-11,23H,12H2. The molecule has 3 rings (SSSR count). The van der Waals surface area contributed by atoms with Crippen LogP contribution in [0.1, 0.15) is 5.56 Å². The number of halogens is 2. The maximum Gasteiger partial charge on any atom is 0.301 e. The van der Waals surface area contributed by atoms with Gasteiger partial charge in [-0.25, -0.2) is 8.42 Å². The van der Waals surface area contributed by atoms with Crippen LogP contribution in [0.3, 0.4) is 0 Å². The van der Waals surface area contributed by atoms with E-state index in [2.05, 4.69) is 26.5 Å².